The third kappa shape index (κ3) is 69.0. The van der Waals surface area contributed by atoms with Crippen molar-refractivity contribution in [2.24, 2.45) is 5.92 Å². The summed E-state index contributed by atoms with van der Waals surface area (Å²) in [5, 5.41) is 10.6. The van der Waals surface area contributed by atoms with Crippen molar-refractivity contribution in [3.8, 4) is 0 Å². The molecule has 0 spiro atoms. The Morgan fingerprint density at radius 3 is 0.747 bits per heavy atom. The monoisotopic (exact) mass is 1400 g/mol. The van der Waals surface area contributed by atoms with Crippen molar-refractivity contribution in [1.82, 2.24) is 0 Å². The van der Waals surface area contributed by atoms with E-state index >= 15 is 0 Å². The van der Waals surface area contributed by atoms with Gasteiger partial charge in [-0.05, 0) is 31.6 Å². The summed E-state index contributed by atoms with van der Waals surface area (Å²) in [6, 6.07) is 0. The normalized spacial score (nSPS) is 14.2. The van der Waals surface area contributed by atoms with Crippen molar-refractivity contribution < 1.29 is 80.2 Å². The molecule has 0 aromatic heterocycles. The number of carbonyl (C=O) groups excluding carboxylic acids is 4. The van der Waals surface area contributed by atoms with E-state index in [9.17, 15) is 43.2 Å². The average molecular weight is 1400 g/mol. The molecule has 0 aromatic carbocycles. The minimum Gasteiger partial charge on any atom is -0.462 e. The van der Waals surface area contributed by atoms with Gasteiger partial charge in [0.05, 0.1) is 26.4 Å². The van der Waals surface area contributed by atoms with Crippen LogP contribution >= 0.6 is 15.6 Å². The summed E-state index contributed by atoms with van der Waals surface area (Å²) in [5.41, 5.74) is 0. The molecule has 3 unspecified atom stereocenters. The zero-order valence-corrected chi connectivity index (χ0v) is 63.6. The molecule has 0 aliphatic rings. The molecular weight excluding hydrogens is 1250 g/mol. The summed E-state index contributed by atoms with van der Waals surface area (Å²) in [6.07, 6.45) is 58.3. The number of phosphoric ester groups is 2. The van der Waals surface area contributed by atoms with Crippen LogP contribution in [0.4, 0.5) is 0 Å². The molecule has 0 aliphatic carbocycles. The molecule has 95 heavy (non-hydrogen) atoms. The highest BCUT2D eigenvalue weighted by Crippen LogP contribution is 2.45. The average Bonchev–Trinajstić information content (AvgIpc) is 2.09. The van der Waals surface area contributed by atoms with Crippen LogP contribution in [0.5, 0.6) is 0 Å². The number of rotatable bonds is 76. The molecule has 0 saturated heterocycles. The molecule has 0 bridgehead atoms. The van der Waals surface area contributed by atoms with Gasteiger partial charge in [-0.1, -0.05) is 349 Å². The lowest BCUT2D eigenvalue weighted by Gasteiger charge is -2.21. The fraction of sp³-hybridized carbons (Fsp3) is 0.947. The van der Waals surface area contributed by atoms with Crippen LogP contribution in [0.2, 0.25) is 0 Å². The van der Waals surface area contributed by atoms with Crippen LogP contribution in [0.1, 0.15) is 401 Å². The van der Waals surface area contributed by atoms with Gasteiger partial charge >= 0.3 is 39.5 Å². The maximum atomic E-state index is 13.1. The first-order valence-corrected chi connectivity index (χ1v) is 42.7. The zero-order chi connectivity index (χ0) is 69.8. The first kappa shape index (κ1) is 93.1. The molecule has 0 fully saturated rings. The van der Waals surface area contributed by atoms with E-state index in [1.165, 1.54) is 212 Å². The van der Waals surface area contributed by atoms with E-state index < -0.39 is 97.5 Å². The van der Waals surface area contributed by atoms with E-state index in [0.717, 1.165) is 109 Å². The molecule has 0 amide bonds. The Labute approximate surface area is 581 Å². The van der Waals surface area contributed by atoms with Crippen molar-refractivity contribution in [3.05, 3.63) is 0 Å². The van der Waals surface area contributed by atoms with Gasteiger partial charge in [-0.2, -0.15) is 0 Å². The quantitative estimate of drug-likeness (QED) is 0.0222. The highest BCUT2D eigenvalue weighted by molar-refractivity contribution is 7.47. The largest absolute Gasteiger partial charge is 0.472 e. The molecule has 0 radical (unpaired) electrons. The number of carbonyl (C=O) groups is 4. The van der Waals surface area contributed by atoms with Crippen LogP contribution in [0.3, 0.4) is 0 Å². The lowest BCUT2D eigenvalue weighted by atomic mass is 9.99. The molecular formula is C76H148O17P2. The van der Waals surface area contributed by atoms with E-state index in [-0.39, 0.29) is 25.7 Å². The smallest absolute Gasteiger partial charge is 0.462 e. The molecule has 0 heterocycles. The lowest BCUT2D eigenvalue weighted by molar-refractivity contribution is -0.161. The maximum Gasteiger partial charge on any atom is 0.472 e. The van der Waals surface area contributed by atoms with Crippen molar-refractivity contribution in [3.63, 3.8) is 0 Å². The first-order chi connectivity index (χ1) is 46.1. The van der Waals surface area contributed by atoms with Gasteiger partial charge < -0.3 is 33.8 Å². The minimum atomic E-state index is -4.96. The van der Waals surface area contributed by atoms with Gasteiger partial charge in [0.25, 0.3) is 0 Å². The summed E-state index contributed by atoms with van der Waals surface area (Å²) < 4.78 is 68.4. The topological polar surface area (TPSA) is 237 Å². The second-order valence-corrected chi connectivity index (χ2v) is 30.5. The molecule has 0 aromatic rings. The summed E-state index contributed by atoms with van der Waals surface area (Å²) in [6.45, 7) is 7.31. The van der Waals surface area contributed by atoms with Crippen molar-refractivity contribution in [2.45, 2.75) is 419 Å². The summed E-state index contributed by atoms with van der Waals surface area (Å²) >= 11 is 0. The van der Waals surface area contributed by atoms with Gasteiger partial charge in [0, 0.05) is 25.7 Å². The van der Waals surface area contributed by atoms with Crippen molar-refractivity contribution >= 4 is 39.5 Å². The van der Waals surface area contributed by atoms with E-state index in [4.69, 9.17) is 37.0 Å². The predicted octanol–water partition coefficient (Wildman–Crippen LogP) is 22.5. The number of esters is 4. The number of phosphoric acid groups is 2. The molecule has 0 rings (SSSR count). The predicted molar refractivity (Wildman–Crippen MR) is 386 cm³/mol. The highest BCUT2D eigenvalue weighted by atomic mass is 31.2. The summed E-state index contributed by atoms with van der Waals surface area (Å²) in [7, 11) is -9.90. The van der Waals surface area contributed by atoms with Crippen molar-refractivity contribution in [2.75, 3.05) is 39.6 Å². The Balaban J connectivity index is 5.19. The number of ether oxygens (including phenoxy) is 4. The third-order valence-electron chi connectivity index (χ3n) is 18.1. The highest BCUT2D eigenvalue weighted by Gasteiger charge is 2.30. The van der Waals surface area contributed by atoms with Gasteiger partial charge in [-0.15, -0.1) is 0 Å². The zero-order valence-electron chi connectivity index (χ0n) is 61.8. The second-order valence-electron chi connectivity index (χ2n) is 27.6. The Kier molecular flexibility index (Phi) is 67.7. The number of hydrogen-bond acceptors (Lipinski definition) is 15. The molecule has 6 atom stereocenters. The molecule has 19 heteroatoms. The molecule has 17 nitrogen and oxygen atoms in total. The Hall–Kier alpha value is -1.94. The minimum absolute atomic E-state index is 0.108. The maximum absolute atomic E-state index is 13.1. The number of unbranched alkanes of at least 4 members (excludes halogenated alkanes) is 47. The van der Waals surface area contributed by atoms with Gasteiger partial charge in [-0.25, -0.2) is 9.13 Å². The van der Waals surface area contributed by atoms with E-state index in [1.54, 1.807) is 0 Å². The van der Waals surface area contributed by atoms with Crippen LogP contribution in [-0.2, 0) is 65.4 Å². The van der Waals surface area contributed by atoms with Crippen LogP contribution in [0.25, 0.3) is 0 Å². The molecule has 3 N–H and O–H groups in total. The van der Waals surface area contributed by atoms with Gasteiger partial charge in [-0.3, -0.25) is 37.3 Å². The summed E-state index contributed by atoms with van der Waals surface area (Å²) in [5.74, 6) is -1.27. The SMILES string of the molecule is CCCCCCCCCCCCCCCCCCCC(=O)OC[C@H](COP(=O)(O)OC[C@@H](O)COP(=O)(O)OC[C@@H](COC(=O)CCCCCCCCC)OC(=O)CCCCCCCCCCCCCCC)OC(=O)CCCCCCCCCCCCCCCCC(C)CC. The first-order valence-electron chi connectivity index (χ1n) is 39.7. The molecule has 0 saturated carbocycles. The lowest BCUT2D eigenvalue weighted by Crippen LogP contribution is -2.30. The number of aliphatic hydroxyl groups excluding tert-OH is 1. The standard InChI is InChI=1S/C76H148O17P2/c1-6-10-13-16-19-21-23-25-26-27-28-33-36-40-45-50-55-60-74(79)87-66-72(93-76(81)62-57-52-47-42-38-34-30-29-32-35-39-44-48-53-58-69(5)9-4)68-91-95(84,85)89-64-70(77)63-88-94(82,83)90-67-71(65-86-73(78)59-54-49-43-18-15-12-8-3)92-75(80)61-56-51-46-41-37-31-24-22-20-17-14-11-7-2/h69-72,77H,6-68H2,1-5H3,(H,82,83)(H,84,85)/t69?,70-,71+,72+/m0/s1. The van der Waals surface area contributed by atoms with Gasteiger partial charge in [0.15, 0.2) is 12.2 Å². The third-order valence-corrected chi connectivity index (χ3v) is 20.0. The van der Waals surface area contributed by atoms with E-state index in [0.29, 0.717) is 25.7 Å². The molecule has 564 valence electrons. The fourth-order valence-electron chi connectivity index (χ4n) is 11.7. The number of hydrogen-bond donors (Lipinski definition) is 3. The van der Waals surface area contributed by atoms with Crippen molar-refractivity contribution in [1.29, 1.82) is 0 Å². The van der Waals surface area contributed by atoms with Crippen LogP contribution in [0.15, 0.2) is 0 Å². The van der Waals surface area contributed by atoms with Crippen LogP contribution < -0.4 is 0 Å². The Bertz CT molecular complexity index is 1820. The fourth-order valence-corrected chi connectivity index (χ4v) is 13.3. The Morgan fingerprint density at radius 1 is 0.295 bits per heavy atom. The van der Waals surface area contributed by atoms with E-state index in [2.05, 4.69) is 34.6 Å². The summed E-state index contributed by atoms with van der Waals surface area (Å²) in [4.78, 5) is 72.7. The van der Waals surface area contributed by atoms with Crippen LogP contribution in [0, 0.1) is 5.92 Å². The Morgan fingerprint density at radius 2 is 0.505 bits per heavy atom. The number of aliphatic hydroxyl groups is 1. The molecule has 0 aliphatic heterocycles. The van der Waals surface area contributed by atoms with Gasteiger partial charge in [0.1, 0.15) is 19.3 Å². The second kappa shape index (κ2) is 69.2. The van der Waals surface area contributed by atoms with Crippen LogP contribution in [-0.4, -0.2) is 96.7 Å². The van der Waals surface area contributed by atoms with Gasteiger partial charge in [0.2, 0.25) is 0 Å². The van der Waals surface area contributed by atoms with E-state index in [1.807, 2.05) is 0 Å².